The number of rotatable bonds is 6. The molecule has 0 saturated heterocycles. The van der Waals surface area contributed by atoms with E-state index in [1.807, 2.05) is 26.0 Å². The number of hydrogen-bond donors (Lipinski definition) is 1. The van der Waals surface area contributed by atoms with Crippen molar-refractivity contribution in [2.75, 3.05) is 13.2 Å². The van der Waals surface area contributed by atoms with Crippen LogP contribution < -0.4 is 10.1 Å². The molecule has 0 aliphatic heterocycles. The van der Waals surface area contributed by atoms with Crippen molar-refractivity contribution in [2.45, 2.75) is 40.2 Å². The van der Waals surface area contributed by atoms with Crippen molar-refractivity contribution in [3.63, 3.8) is 0 Å². The number of aryl methyl sites for hydroxylation is 2. The minimum atomic E-state index is 0.548. The molecule has 0 spiro atoms. The fraction of sp³-hybridized carbons (Fsp3) is 0.571. The summed E-state index contributed by atoms with van der Waals surface area (Å²) in [5.74, 6) is 0.898. The Kier molecular flexibility index (Phi) is 5.79. The molecule has 96 valence electrons. The van der Waals surface area contributed by atoms with Crippen LogP contribution in [0.25, 0.3) is 0 Å². The van der Waals surface area contributed by atoms with Gasteiger partial charge in [0.2, 0.25) is 0 Å². The normalized spacial score (nSPS) is 12.5. The van der Waals surface area contributed by atoms with E-state index >= 15 is 0 Å². The van der Waals surface area contributed by atoms with Crippen LogP contribution in [0.4, 0.5) is 0 Å². The number of hydrogen-bond acceptors (Lipinski definition) is 2. The van der Waals surface area contributed by atoms with Crippen molar-refractivity contribution >= 4 is 11.6 Å². The molecular weight excluding hydrogens is 234 g/mol. The van der Waals surface area contributed by atoms with Crippen LogP contribution in [-0.4, -0.2) is 19.2 Å². The Balaban J connectivity index is 2.42. The van der Waals surface area contributed by atoms with Gasteiger partial charge in [-0.2, -0.15) is 0 Å². The molecule has 0 heterocycles. The van der Waals surface area contributed by atoms with Crippen molar-refractivity contribution in [1.29, 1.82) is 0 Å². The van der Waals surface area contributed by atoms with Gasteiger partial charge in [-0.1, -0.05) is 18.5 Å². The number of benzene rings is 1. The van der Waals surface area contributed by atoms with Gasteiger partial charge in [-0.25, -0.2) is 0 Å². The Labute approximate surface area is 109 Å². The van der Waals surface area contributed by atoms with E-state index in [0.717, 1.165) is 34.9 Å². The molecule has 1 aromatic carbocycles. The lowest BCUT2D eigenvalue weighted by Crippen LogP contribution is -2.29. The van der Waals surface area contributed by atoms with Crippen molar-refractivity contribution in [3.8, 4) is 5.75 Å². The van der Waals surface area contributed by atoms with Crippen LogP contribution in [0.1, 0.15) is 31.4 Å². The van der Waals surface area contributed by atoms with Crippen molar-refractivity contribution in [1.82, 2.24) is 5.32 Å². The lowest BCUT2D eigenvalue weighted by molar-refractivity contribution is 0.306. The highest BCUT2D eigenvalue weighted by molar-refractivity contribution is 6.32. The van der Waals surface area contributed by atoms with Gasteiger partial charge in [0.05, 0.1) is 0 Å². The molecule has 17 heavy (non-hydrogen) atoms. The first-order valence-electron chi connectivity index (χ1n) is 6.17. The molecule has 0 aliphatic carbocycles. The largest absolute Gasteiger partial charge is 0.492 e. The van der Waals surface area contributed by atoms with Crippen LogP contribution >= 0.6 is 11.6 Å². The highest BCUT2D eigenvalue weighted by Gasteiger charge is 2.03. The monoisotopic (exact) mass is 255 g/mol. The first-order chi connectivity index (χ1) is 8.04. The van der Waals surface area contributed by atoms with Gasteiger partial charge in [0.15, 0.2) is 0 Å². The van der Waals surface area contributed by atoms with Gasteiger partial charge >= 0.3 is 0 Å². The van der Waals surface area contributed by atoms with E-state index in [1.54, 1.807) is 0 Å². The Morgan fingerprint density at radius 1 is 1.29 bits per heavy atom. The molecule has 1 aromatic rings. The van der Waals surface area contributed by atoms with Crippen molar-refractivity contribution < 1.29 is 4.74 Å². The summed E-state index contributed by atoms with van der Waals surface area (Å²) in [6.07, 6.45) is 1.14. The molecule has 0 amide bonds. The van der Waals surface area contributed by atoms with Gasteiger partial charge in [0.25, 0.3) is 0 Å². The first-order valence-corrected chi connectivity index (χ1v) is 6.55. The topological polar surface area (TPSA) is 21.3 Å². The maximum absolute atomic E-state index is 6.10. The average molecular weight is 256 g/mol. The molecular formula is C14H22ClNO. The second kappa shape index (κ2) is 6.87. The van der Waals surface area contributed by atoms with E-state index in [1.165, 1.54) is 0 Å². The molecule has 0 radical (unpaired) electrons. The van der Waals surface area contributed by atoms with Gasteiger partial charge in [-0.05, 0) is 50.5 Å². The minimum Gasteiger partial charge on any atom is -0.492 e. The molecule has 0 bridgehead atoms. The Hall–Kier alpha value is -0.730. The molecule has 1 atom stereocenters. The fourth-order valence-corrected chi connectivity index (χ4v) is 1.72. The molecule has 3 heteroatoms. The van der Waals surface area contributed by atoms with Crippen molar-refractivity contribution in [3.05, 3.63) is 28.3 Å². The average Bonchev–Trinajstić information content (AvgIpc) is 2.31. The summed E-state index contributed by atoms with van der Waals surface area (Å²) < 4.78 is 5.70. The third-order valence-electron chi connectivity index (χ3n) is 2.89. The second-order valence-electron chi connectivity index (χ2n) is 4.48. The van der Waals surface area contributed by atoms with Gasteiger partial charge in [-0.15, -0.1) is 0 Å². The molecule has 0 aromatic heterocycles. The van der Waals surface area contributed by atoms with Gasteiger partial charge in [0, 0.05) is 17.6 Å². The minimum absolute atomic E-state index is 0.548. The van der Waals surface area contributed by atoms with Crippen LogP contribution in [0.2, 0.25) is 5.02 Å². The Bertz CT molecular complexity index is 342. The third kappa shape index (κ3) is 4.57. The maximum atomic E-state index is 6.10. The first kappa shape index (κ1) is 14.3. The zero-order valence-corrected chi connectivity index (χ0v) is 11.9. The van der Waals surface area contributed by atoms with E-state index in [4.69, 9.17) is 16.3 Å². The summed E-state index contributed by atoms with van der Waals surface area (Å²) in [5, 5.41) is 4.22. The Morgan fingerprint density at radius 3 is 2.41 bits per heavy atom. The quantitative estimate of drug-likeness (QED) is 0.783. The zero-order chi connectivity index (χ0) is 12.8. The number of halogens is 1. The molecule has 0 saturated carbocycles. The maximum Gasteiger partial charge on any atom is 0.119 e. The van der Waals surface area contributed by atoms with E-state index in [0.29, 0.717) is 12.6 Å². The molecule has 1 N–H and O–H groups in total. The summed E-state index contributed by atoms with van der Waals surface area (Å²) in [7, 11) is 0. The summed E-state index contributed by atoms with van der Waals surface area (Å²) in [4.78, 5) is 0. The van der Waals surface area contributed by atoms with Gasteiger partial charge in [0.1, 0.15) is 12.4 Å². The summed E-state index contributed by atoms with van der Waals surface area (Å²) >= 11 is 6.10. The predicted molar refractivity (Wildman–Crippen MR) is 74.2 cm³/mol. The molecule has 0 unspecified atom stereocenters. The number of ether oxygens (including phenoxy) is 1. The smallest absolute Gasteiger partial charge is 0.119 e. The van der Waals surface area contributed by atoms with Crippen LogP contribution in [0.5, 0.6) is 5.75 Å². The summed E-state index contributed by atoms with van der Waals surface area (Å²) in [5.41, 5.74) is 2.13. The third-order valence-corrected chi connectivity index (χ3v) is 3.48. The zero-order valence-electron chi connectivity index (χ0n) is 11.1. The van der Waals surface area contributed by atoms with E-state index < -0.39 is 0 Å². The lowest BCUT2D eigenvalue weighted by atomic mass is 10.1. The number of nitrogens with one attached hydrogen (secondary N) is 1. The van der Waals surface area contributed by atoms with Crippen LogP contribution in [0.15, 0.2) is 12.1 Å². The highest BCUT2D eigenvalue weighted by Crippen LogP contribution is 2.25. The van der Waals surface area contributed by atoms with Crippen LogP contribution in [0, 0.1) is 13.8 Å². The van der Waals surface area contributed by atoms with Crippen LogP contribution in [0.3, 0.4) is 0 Å². The fourth-order valence-electron chi connectivity index (χ4n) is 1.61. The Morgan fingerprint density at radius 2 is 1.88 bits per heavy atom. The summed E-state index contributed by atoms with van der Waals surface area (Å²) in [6, 6.07) is 4.52. The van der Waals surface area contributed by atoms with E-state index in [2.05, 4.69) is 19.2 Å². The lowest BCUT2D eigenvalue weighted by Gasteiger charge is -2.13. The predicted octanol–water partition coefficient (Wildman–Crippen LogP) is 3.72. The molecule has 2 nitrogen and oxygen atoms in total. The molecule has 1 rings (SSSR count). The van der Waals surface area contributed by atoms with Crippen molar-refractivity contribution in [2.24, 2.45) is 0 Å². The van der Waals surface area contributed by atoms with Crippen LogP contribution in [-0.2, 0) is 0 Å². The SMILES string of the molecule is CC[C@@H](C)NCCOc1cc(C)c(Cl)c(C)c1. The summed E-state index contributed by atoms with van der Waals surface area (Å²) in [6.45, 7) is 9.90. The van der Waals surface area contributed by atoms with Gasteiger partial charge in [-0.3, -0.25) is 0 Å². The van der Waals surface area contributed by atoms with E-state index in [-0.39, 0.29) is 0 Å². The van der Waals surface area contributed by atoms with E-state index in [9.17, 15) is 0 Å². The second-order valence-corrected chi connectivity index (χ2v) is 4.86. The standard InChI is InChI=1S/C14H22ClNO/c1-5-12(4)16-6-7-17-13-8-10(2)14(15)11(3)9-13/h8-9,12,16H,5-7H2,1-4H3/t12-/m1/s1. The molecule has 0 aliphatic rings. The highest BCUT2D eigenvalue weighted by atomic mass is 35.5. The molecule has 0 fully saturated rings. The van der Waals surface area contributed by atoms with Gasteiger partial charge < -0.3 is 10.1 Å².